The maximum absolute atomic E-state index is 2.35. The van der Waals surface area contributed by atoms with Gasteiger partial charge in [0.2, 0.25) is 0 Å². The van der Waals surface area contributed by atoms with E-state index in [-0.39, 0.29) is 0 Å². The second kappa shape index (κ2) is 4.95. The summed E-state index contributed by atoms with van der Waals surface area (Å²) >= 11 is 0. The lowest BCUT2D eigenvalue weighted by Crippen LogP contribution is -1.88. The molecule has 0 heteroatoms. The van der Waals surface area contributed by atoms with Gasteiger partial charge in [0.25, 0.3) is 0 Å². The van der Waals surface area contributed by atoms with E-state index in [1.54, 1.807) is 0 Å². The summed E-state index contributed by atoms with van der Waals surface area (Å²) in [7, 11) is 0. The molecule has 0 heterocycles. The highest BCUT2D eigenvalue weighted by atomic mass is 14.2. The zero-order chi connectivity index (χ0) is 16.3. The lowest BCUT2D eigenvalue weighted by molar-refractivity contribution is 1.02. The standard InChI is InChI=1S/C22H14.C2H6/c1-3-13-4-2-6-17-19-12-10-15-8-7-14-9-11-18(22(19)20(14)15)16(5-1)21(13)17;1-2/h1-6,9-12H,7-8H2;1-2H3. The zero-order valence-corrected chi connectivity index (χ0v) is 14.2. The minimum absolute atomic E-state index is 1.20. The quantitative estimate of drug-likeness (QED) is 0.216. The molecule has 0 fully saturated rings. The molecule has 0 saturated carbocycles. The lowest BCUT2D eigenvalue weighted by atomic mass is 9.88. The van der Waals surface area contributed by atoms with Crippen molar-refractivity contribution in [2.45, 2.75) is 26.7 Å². The molecule has 0 saturated heterocycles. The fourth-order valence-electron chi connectivity index (χ4n) is 4.57. The Morgan fingerprint density at radius 3 is 1.54 bits per heavy atom. The van der Waals surface area contributed by atoms with Gasteiger partial charge in [-0.25, -0.2) is 0 Å². The van der Waals surface area contributed by atoms with E-state index in [0.717, 1.165) is 0 Å². The zero-order valence-electron chi connectivity index (χ0n) is 14.2. The Labute approximate surface area is 142 Å². The average Bonchev–Trinajstić information content (AvgIpc) is 3.08. The molecule has 0 bridgehead atoms. The van der Waals surface area contributed by atoms with Crippen molar-refractivity contribution in [2.24, 2.45) is 0 Å². The summed E-state index contributed by atoms with van der Waals surface area (Å²) in [5, 5.41) is 11.4. The van der Waals surface area contributed by atoms with E-state index in [9.17, 15) is 0 Å². The first-order chi connectivity index (χ1) is 11.9. The third-order valence-corrected chi connectivity index (χ3v) is 5.48. The predicted octanol–water partition coefficient (Wildman–Crippen LogP) is 6.86. The van der Waals surface area contributed by atoms with E-state index in [1.807, 2.05) is 13.8 Å². The number of rotatable bonds is 0. The Morgan fingerprint density at radius 1 is 0.500 bits per heavy atom. The number of aryl methyl sites for hydroxylation is 2. The van der Waals surface area contributed by atoms with Gasteiger partial charge in [0.15, 0.2) is 0 Å². The van der Waals surface area contributed by atoms with Gasteiger partial charge < -0.3 is 0 Å². The van der Waals surface area contributed by atoms with Gasteiger partial charge in [0.05, 0.1) is 0 Å². The summed E-state index contributed by atoms with van der Waals surface area (Å²) < 4.78 is 0. The fraction of sp³-hybridized carbons (Fsp3) is 0.167. The van der Waals surface area contributed by atoms with Gasteiger partial charge in [-0.1, -0.05) is 74.5 Å². The summed E-state index contributed by atoms with van der Waals surface area (Å²) in [5.74, 6) is 0. The summed E-state index contributed by atoms with van der Waals surface area (Å²) in [4.78, 5) is 0. The first kappa shape index (κ1) is 13.8. The Kier molecular flexibility index (Phi) is 2.84. The van der Waals surface area contributed by atoms with Crippen LogP contribution in [0.1, 0.15) is 25.0 Å². The van der Waals surface area contributed by atoms with Gasteiger partial charge in [-0.15, -0.1) is 0 Å². The molecule has 0 aromatic heterocycles. The third kappa shape index (κ3) is 1.58. The molecule has 0 nitrogen and oxygen atoms in total. The topological polar surface area (TPSA) is 0 Å². The lowest BCUT2D eigenvalue weighted by Gasteiger charge is -2.15. The van der Waals surface area contributed by atoms with Crippen molar-refractivity contribution in [3.05, 3.63) is 71.8 Å². The van der Waals surface area contributed by atoms with Gasteiger partial charge in [0.1, 0.15) is 0 Å². The first-order valence-corrected chi connectivity index (χ1v) is 9.02. The third-order valence-electron chi connectivity index (χ3n) is 5.48. The normalized spacial score (nSPS) is 13.1. The van der Waals surface area contributed by atoms with Crippen molar-refractivity contribution in [3.63, 3.8) is 0 Å². The number of benzene rings is 5. The summed E-state index contributed by atoms with van der Waals surface area (Å²) in [6, 6.07) is 22.8. The molecule has 24 heavy (non-hydrogen) atoms. The number of hydrogen-bond acceptors (Lipinski definition) is 0. The molecule has 0 spiro atoms. The highest BCUT2D eigenvalue weighted by Crippen LogP contribution is 2.43. The van der Waals surface area contributed by atoms with Crippen molar-refractivity contribution in [1.29, 1.82) is 0 Å². The van der Waals surface area contributed by atoms with Crippen LogP contribution >= 0.6 is 0 Å². The van der Waals surface area contributed by atoms with E-state index in [4.69, 9.17) is 0 Å². The molecule has 1 aliphatic rings. The highest BCUT2D eigenvalue weighted by molar-refractivity contribution is 6.33. The summed E-state index contributed by atoms with van der Waals surface area (Å²) in [6.07, 6.45) is 2.39. The SMILES string of the molecule is CC.c1cc2cccc3c4ccc5c6c(ccc(c(c1)c23)c64)CC5. The molecule has 0 amide bonds. The molecule has 0 atom stereocenters. The molecule has 5 aromatic rings. The van der Waals surface area contributed by atoms with Crippen LogP contribution in [0.4, 0.5) is 0 Å². The van der Waals surface area contributed by atoms with Gasteiger partial charge in [0, 0.05) is 0 Å². The van der Waals surface area contributed by atoms with E-state index < -0.39 is 0 Å². The van der Waals surface area contributed by atoms with Crippen molar-refractivity contribution < 1.29 is 0 Å². The van der Waals surface area contributed by atoms with Crippen LogP contribution in [0.2, 0.25) is 0 Å². The number of fused-ring (bicyclic) bond motifs is 2. The molecule has 116 valence electrons. The van der Waals surface area contributed by atoms with E-state index in [1.165, 1.54) is 67.1 Å². The van der Waals surface area contributed by atoms with Crippen LogP contribution in [0, 0.1) is 0 Å². The summed E-state index contributed by atoms with van der Waals surface area (Å²) in [6.45, 7) is 4.00. The van der Waals surface area contributed by atoms with Gasteiger partial charge in [-0.2, -0.15) is 0 Å². The van der Waals surface area contributed by atoms with Gasteiger partial charge >= 0.3 is 0 Å². The Bertz CT molecular complexity index is 1120. The average molecular weight is 308 g/mol. The van der Waals surface area contributed by atoms with Gasteiger partial charge in [-0.3, -0.25) is 0 Å². The van der Waals surface area contributed by atoms with Crippen LogP contribution < -0.4 is 0 Å². The van der Waals surface area contributed by atoms with Crippen LogP contribution in [0.3, 0.4) is 0 Å². The smallest absolute Gasteiger partial charge is 0.00208 e. The van der Waals surface area contributed by atoms with Crippen LogP contribution in [0.25, 0.3) is 43.1 Å². The van der Waals surface area contributed by atoms with E-state index in [2.05, 4.69) is 60.7 Å². The van der Waals surface area contributed by atoms with Crippen LogP contribution in [-0.2, 0) is 12.8 Å². The Morgan fingerprint density at radius 2 is 1.00 bits per heavy atom. The highest BCUT2D eigenvalue weighted by Gasteiger charge is 2.19. The van der Waals surface area contributed by atoms with Gasteiger partial charge in [-0.05, 0) is 67.1 Å². The monoisotopic (exact) mass is 308 g/mol. The number of hydrogen-bond donors (Lipinski definition) is 0. The summed E-state index contributed by atoms with van der Waals surface area (Å²) in [5.41, 5.74) is 3.06. The fourth-order valence-corrected chi connectivity index (χ4v) is 4.57. The molecule has 0 N–H and O–H groups in total. The maximum atomic E-state index is 2.35. The predicted molar refractivity (Wildman–Crippen MR) is 106 cm³/mol. The second-order valence-electron chi connectivity index (χ2n) is 6.50. The van der Waals surface area contributed by atoms with Crippen molar-refractivity contribution in [3.8, 4) is 0 Å². The van der Waals surface area contributed by atoms with Crippen molar-refractivity contribution in [1.82, 2.24) is 0 Å². The van der Waals surface area contributed by atoms with Crippen LogP contribution in [-0.4, -0.2) is 0 Å². The molecule has 0 aliphatic heterocycles. The minimum Gasteiger partial charge on any atom is -0.0683 e. The van der Waals surface area contributed by atoms with Crippen molar-refractivity contribution >= 4 is 43.1 Å². The Hall–Kier alpha value is -2.60. The molecular weight excluding hydrogens is 288 g/mol. The minimum atomic E-state index is 1.20. The Balaban J connectivity index is 0.000000632. The second-order valence-corrected chi connectivity index (χ2v) is 6.50. The van der Waals surface area contributed by atoms with E-state index >= 15 is 0 Å². The molecule has 0 unspecified atom stereocenters. The molecule has 0 radical (unpaired) electrons. The largest absolute Gasteiger partial charge is 0.0683 e. The molecule has 1 aliphatic carbocycles. The molecule has 5 aromatic carbocycles. The van der Waals surface area contributed by atoms with Crippen molar-refractivity contribution in [2.75, 3.05) is 0 Å². The van der Waals surface area contributed by atoms with Crippen LogP contribution in [0.5, 0.6) is 0 Å². The van der Waals surface area contributed by atoms with E-state index in [0.29, 0.717) is 0 Å². The maximum Gasteiger partial charge on any atom is -0.00208 e. The van der Waals surface area contributed by atoms with Crippen LogP contribution in [0.15, 0.2) is 60.7 Å². The molecule has 6 rings (SSSR count). The molecular formula is C24H20. The first-order valence-electron chi connectivity index (χ1n) is 9.02.